The Labute approximate surface area is 141 Å². The van der Waals surface area contributed by atoms with Gasteiger partial charge in [-0.25, -0.2) is 0 Å². The molecule has 0 saturated heterocycles. The molecule has 0 aliphatic rings. The molecule has 0 fully saturated rings. The third-order valence-electron chi connectivity index (χ3n) is 3.27. The molecule has 0 aliphatic heterocycles. The smallest absolute Gasteiger partial charge is 0.301 e. The van der Waals surface area contributed by atoms with Gasteiger partial charge in [0, 0.05) is 23.5 Å². The molecule has 0 aliphatic carbocycles. The second-order valence-electron chi connectivity index (χ2n) is 5.03. The number of hydrogen-bond donors (Lipinski definition) is 3. The summed E-state index contributed by atoms with van der Waals surface area (Å²) in [7, 11) is -4.87. The van der Waals surface area contributed by atoms with Crippen molar-refractivity contribution >= 4 is 38.6 Å². The standard InChI is InChI=1S/C13H12N4O7S/c1-7-4-8(14)2-3-10(7)15-13-11(16(18)19)5-9(25(22,23)24)6-12(13)17(20)21/h2-6,15H,14H2,1H3,(H,22,23,24). The van der Waals surface area contributed by atoms with Gasteiger partial charge in [0.1, 0.15) is 4.90 Å². The Morgan fingerprint density at radius 3 is 2.00 bits per heavy atom. The van der Waals surface area contributed by atoms with Crippen LogP contribution in [0.2, 0.25) is 0 Å². The van der Waals surface area contributed by atoms with Crippen molar-refractivity contribution < 1.29 is 22.8 Å². The Bertz CT molecular complexity index is 953. The van der Waals surface area contributed by atoms with Gasteiger partial charge in [-0.2, -0.15) is 8.42 Å². The van der Waals surface area contributed by atoms with Crippen LogP contribution in [0, 0.1) is 27.2 Å². The van der Waals surface area contributed by atoms with Crippen molar-refractivity contribution in [2.75, 3.05) is 11.1 Å². The number of nitrogens with zero attached hydrogens (tertiary/aromatic N) is 2. The lowest BCUT2D eigenvalue weighted by atomic mass is 10.1. The Morgan fingerprint density at radius 1 is 1.08 bits per heavy atom. The summed E-state index contributed by atoms with van der Waals surface area (Å²) in [6, 6.07) is 5.58. The number of nitrogens with one attached hydrogen (secondary N) is 1. The van der Waals surface area contributed by atoms with Crippen LogP contribution in [0.3, 0.4) is 0 Å². The maximum atomic E-state index is 11.3. The van der Waals surface area contributed by atoms with Crippen LogP contribution in [-0.4, -0.2) is 22.8 Å². The number of nitro groups is 2. The van der Waals surface area contributed by atoms with Crippen molar-refractivity contribution in [3.8, 4) is 0 Å². The number of nitrogen functional groups attached to an aromatic ring is 1. The van der Waals surface area contributed by atoms with E-state index in [0.29, 0.717) is 29.1 Å². The predicted molar refractivity (Wildman–Crippen MR) is 88.4 cm³/mol. The second kappa shape index (κ2) is 6.33. The fourth-order valence-corrected chi connectivity index (χ4v) is 2.63. The van der Waals surface area contributed by atoms with Crippen LogP contribution in [0.5, 0.6) is 0 Å². The monoisotopic (exact) mass is 368 g/mol. The minimum Gasteiger partial charge on any atom is -0.399 e. The van der Waals surface area contributed by atoms with Gasteiger partial charge in [0.25, 0.3) is 10.1 Å². The molecule has 4 N–H and O–H groups in total. The molecule has 0 radical (unpaired) electrons. The summed E-state index contributed by atoms with van der Waals surface area (Å²) in [5.74, 6) is 0. The highest BCUT2D eigenvalue weighted by Crippen LogP contribution is 2.39. The Kier molecular flexibility index (Phi) is 4.58. The van der Waals surface area contributed by atoms with Gasteiger partial charge in [0.15, 0.2) is 5.69 Å². The average Bonchev–Trinajstić information content (AvgIpc) is 2.48. The summed E-state index contributed by atoms with van der Waals surface area (Å²) in [5, 5.41) is 25.1. The van der Waals surface area contributed by atoms with Crippen molar-refractivity contribution in [2.24, 2.45) is 0 Å². The zero-order chi connectivity index (χ0) is 18.9. The van der Waals surface area contributed by atoms with E-state index in [2.05, 4.69) is 5.32 Å². The molecule has 132 valence electrons. The fraction of sp³-hybridized carbons (Fsp3) is 0.0769. The summed E-state index contributed by atoms with van der Waals surface area (Å²) in [6.45, 7) is 1.63. The lowest BCUT2D eigenvalue weighted by Gasteiger charge is -2.11. The van der Waals surface area contributed by atoms with Crippen LogP contribution in [0.15, 0.2) is 35.2 Å². The molecule has 0 heterocycles. The Balaban J connectivity index is 2.74. The van der Waals surface area contributed by atoms with E-state index in [9.17, 15) is 28.6 Å². The zero-order valence-corrected chi connectivity index (χ0v) is 13.5. The first kappa shape index (κ1) is 18.1. The number of benzene rings is 2. The molecule has 25 heavy (non-hydrogen) atoms. The van der Waals surface area contributed by atoms with Gasteiger partial charge >= 0.3 is 11.4 Å². The van der Waals surface area contributed by atoms with Crippen LogP contribution in [0.4, 0.5) is 28.4 Å². The van der Waals surface area contributed by atoms with Gasteiger partial charge in [-0.3, -0.25) is 24.8 Å². The number of aryl methyl sites for hydroxylation is 1. The van der Waals surface area contributed by atoms with Gasteiger partial charge in [-0.15, -0.1) is 0 Å². The molecule has 0 atom stereocenters. The highest BCUT2D eigenvalue weighted by atomic mass is 32.2. The molecule has 12 heteroatoms. The third kappa shape index (κ3) is 3.81. The Hall–Kier alpha value is -3.25. The summed E-state index contributed by atoms with van der Waals surface area (Å²) >= 11 is 0. The summed E-state index contributed by atoms with van der Waals surface area (Å²) < 4.78 is 31.5. The number of nitrogens with two attached hydrogens (primary N) is 1. The van der Waals surface area contributed by atoms with Crippen LogP contribution >= 0.6 is 0 Å². The minimum absolute atomic E-state index is 0.306. The van der Waals surface area contributed by atoms with Crippen molar-refractivity contribution in [2.45, 2.75) is 11.8 Å². The second-order valence-corrected chi connectivity index (χ2v) is 6.45. The van der Waals surface area contributed by atoms with Gasteiger partial charge in [-0.05, 0) is 30.7 Å². The molecule has 2 rings (SSSR count). The highest BCUT2D eigenvalue weighted by Gasteiger charge is 2.30. The third-order valence-corrected chi connectivity index (χ3v) is 4.10. The quantitative estimate of drug-likeness (QED) is 0.309. The predicted octanol–water partition coefficient (Wildman–Crippen LogP) is 2.38. The topological polar surface area (TPSA) is 179 Å². The first-order valence-electron chi connectivity index (χ1n) is 6.58. The maximum Gasteiger partial charge on any atom is 0.301 e. The fourth-order valence-electron chi connectivity index (χ4n) is 2.11. The maximum absolute atomic E-state index is 11.3. The molecule has 0 spiro atoms. The molecular weight excluding hydrogens is 356 g/mol. The normalized spacial score (nSPS) is 11.1. The molecule has 0 bridgehead atoms. The highest BCUT2D eigenvalue weighted by molar-refractivity contribution is 7.85. The molecular formula is C13H12N4O7S. The molecule has 0 saturated carbocycles. The van der Waals surface area contributed by atoms with E-state index in [0.717, 1.165) is 0 Å². The summed E-state index contributed by atoms with van der Waals surface area (Å²) in [4.78, 5) is 19.6. The number of hydrogen-bond acceptors (Lipinski definition) is 8. The van der Waals surface area contributed by atoms with Crippen molar-refractivity contribution in [3.05, 3.63) is 56.1 Å². The van der Waals surface area contributed by atoms with E-state index < -0.39 is 41.9 Å². The lowest BCUT2D eigenvalue weighted by molar-refractivity contribution is -0.392. The first-order chi connectivity index (χ1) is 11.5. The molecule has 2 aromatic carbocycles. The number of nitro benzene ring substituents is 2. The molecule has 0 amide bonds. The van der Waals surface area contributed by atoms with Gasteiger partial charge in [-0.1, -0.05) is 0 Å². The van der Waals surface area contributed by atoms with E-state index in [1.165, 1.54) is 12.1 Å². The number of rotatable bonds is 5. The van der Waals surface area contributed by atoms with Crippen LogP contribution in [0.1, 0.15) is 5.56 Å². The Morgan fingerprint density at radius 2 is 1.60 bits per heavy atom. The van der Waals surface area contributed by atoms with Gasteiger partial charge in [0.05, 0.1) is 9.85 Å². The molecule has 0 unspecified atom stereocenters. The van der Waals surface area contributed by atoms with Crippen LogP contribution in [0.25, 0.3) is 0 Å². The SMILES string of the molecule is Cc1cc(N)ccc1Nc1c([N+](=O)[O-])cc(S(=O)(=O)O)cc1[N+](=O)[O-]. The van der Waals surface area contributed by atoms with E-state index >= 15 is 0 Å². The van der Waals surface area contributed by atoms with Gasteiger partial charge in [0.2, 0.25) is 0 Å². The molecule has 2 aromatic rings. The summed E-state index contributed by atoms with van der Waals surface area (Å²) in [6.07, 6.45) is 0. The van der Waals surface area contributed by atoms with Crippen molar-refractivity contribution in [1.29, 1.82) is 0 Å². The zero-order valence-electron chi connectivity index (χ0n) is 12.7. The minimum atomic E-state index is -4.87. The van der Waals surface area contributed by atoms with E-state index in [4.69, 9.17) is 10.3 Å². The largest absolute Gasteiger partial charge is 0.399 e. The molecule has 11 nitrogen and oxygen atoms in total. The first-order valence-corrected chi connectivity index (χ1v) is 8.02. The molecule has 0 aromatic heterocycles. The van der Waals surface area contributed by atoms with Crippen molar-refractivity contribution in [1.82, 2.24) is 0 Å². The van der Waals surface area contributed by atoms with E-state index in [-0.39, 0.29) is 0 Å². The number of anilines is 3. The average molecular weight is 368 g/mol. The van der Waals surface area contributed by atoms with Crippen LogP contribution < -0.4 is 11.1 Å². The van der Waals surface area contributed by atoms with Crippen molar-refractivity contribution in [3.63, 3.8) is 0 Å². The lowest BCUT2D eigenvalue weighted by Crippen LogP contribution is -2.06. The van der Waals surface area contributed by atoms with E-state index in [1.54, 1.807) is 13.0 Å². The summed E-state index contributed by atoms with van der Waals surface area (Å²) in [5.41, 5.74) is 4.62. The van der Waals surface area contributed by atoms with E-state index in [1.807, 2.05) is 0 Å². The van der Waals surface area contributed by atoms with Crippen LogP contribution in [-0.2, 0) is 10.1 Å². The van der Waals surface area contributed by atoms with Gasteiger partial charge < -0.3 is 11.1 Å².